The lowest BCUT2D eigenvalue weighted by Gasteiger charge is -2.15. The molecule has 0 bridgehead atoms. The van der Waals surface area contributed by atoms with Crippen molar-refractivity contribution in [2.24, 2.45) is 0 Å². The summed E-state index contributed by atoms with van der Waals surface area (Å²) in [6.45, 7) is 0.0419. The van der Waals surface area contributed by atoms with Crippen molar-refractivity contribution in [1.82, 2.24) is 15.8 Å². The molecule has 0 spiro atoms. The van der Waals surface area contributed by atoms with Gasteiger partial charge in [-0.1, -0.05) is 53.7 Å². The molecule has 4 rings (SSSR count). The number of carboxylic acid groups (broad SMARTS) is 1. The third-order valence-electron chi connectivity index (χ3n) is 5.85. The average molecular weight is 496 g/mol. The van der Waals surface area contributed by atoms with E-state index >= 15 is 0 Å². The molecule has 9 nitrogen and oxygen atoms in total. The number of amides is 2. The van der Waals surface area contributed by atoms with Crippen LogP contribution in [0.25, 0.3) is 11.1 Å². The Morgan fingerprint density at radius 1 is 1.11 bits per heavy atom. The summed E-state index contributed by atoms with van der Waals surface area (Å²) in [7, 11) is 0. The molecule has 0 aliphatic heterocycles. The number of hydrogen-bond acceptors (Lipinski definition) is 7. The first-order valence-electron chi connectivity index (χ1n) is 11.0. The molecule has 2 amide bonds. The van der Waals surface area contributed by atoms with Gasteiger partial charge >= 0.3 is 12.1 Å². The highest BCUT2D eigenvalue weighted by Crippen LogP contribution is 2.44. The summed E-state index contributed by atoms with van der Waals surface area (Å²) in [6, 6.07) is 15.0. The van der Waals surface area contributed by atoms with Gasteiger partial charge < -0.3 is 25.0 Å². The number of thioether (sulfide) groups is 1. The summed E-state index contributed by atoms with van der Waals surface area (Å²) in [5.41, 5.74) is 4.70. The van der Waals surface area contributed by atoms with Gasteiger partial charge in [0.15, 0.2) is 0 Å². The van der Waals surface area contributed by atoms with Crippen molar-refractivity contribution in [2.45, 2.75) is 24.9 Å². The molecule has 35 heavy (non-hydrogen) atoms. The van der Waals surface area contributed by atoms with Crippen LogP contribution in [-0.4, -0.2) is 52.9 Å². The zero-order valence-electron chi connectivity index (χ0n) is 19.0. The Bertz CT molecular complexity index is 1180. The molecular formula is C25H25N3O6S. The topological polar surface area (TPSA) is 131 Å². The predicted octanol–water partition coefficient (Wildman–Crippen LogP) is 3.65. The van der Waals surface area contributed by atoms with E-state index < -0.39 is 24.0 Å². The Hall–Kier alpha value is -3.79. The van der Waals surface area contributed by atoms with Gasteiger partial charge in [-0.2, -0.15) is 11.8 Å². The number of ether oxygens (including phenoxy) is 1. The lowest BCUT2D eigenvalue weighted by molar-refractivity contribution is -0.139. The second-order valence-corrected chi connectivity index (χ2v) is 8.99. The SMILES string of the molecule is CSCCC(NC(=O)c1conc1CNC(=O)OCC1c2ccccc2-c2ccccc21)C(=O)O. The zero-order chi connectivity index (χ0) is 24.8. The maximum absolute atomic E-state index is 12.6. The number of aliphatic carboxylic acids is 1. The van der Waals surface area contributed by atoms with Crippen LogP contribution in [-0.2, 0) is 16.1 Å². The van der Waals surface area contributed by atoms with E-state index in [0.29, 0.717) is 5.75 Å². The van der Waals surface area contributed by atoms with Gasteiger partial charge in [-0.15, -0.1) is 0 Å². The van der Waals surface area contributed by atoms with Crippen LogP contribution >= 0.6 is 11.8 Å². The van der Waals surface area contributed by atoms with E-state index in [0.717, 1.165) is 28.5 Å². The highest BCUT2D eigenvalue weighted by Gasteiger charge is 2.29. The van der Waals surface area contributed by atoms with Crippen LogP contribution in [0.3, 0.4) is 0 Å². The third kappa shape index (κ3) is 5.48. The molecule has 0 saturated heterocycles. The van der Waals surface area contributed by atoms with E-state index in [9.17, 15) is 19.5 Å². The van der Waals surface area contributed by atoms with Crippen LogP contribution < -0.4 is 10.6 Å². The smallest absolute Gasteiger partial charge is 0.407 e. The van der Waals surface area contributed by atoms with Gasteiger partial charge in [-0.25, -0.2) is 9.59 Å². The molecule has 1 unspecified atom stereocenters. The van der Waals surface area contributed by atoms with E-state index in [1.165, 1.54) is 11.8 Å². The molecule has 1 aliphatic carbocycles. The first kappa shape index (κ1) is 24.3. The van der Waals surface area contributed by atoms with Crippen molar-refractivity contribution >= 4 is 29.7 Å². The van der Waals surface area contributed by atoms with Crippen molar-refractivity contribution in [2.75, 3.05) is 18.6 Å². The maximum Gasteiger partial charge on any atom is 0.407 e. The average Bonchev–Trinajstić information content (AvgIpc) is 3.46. The van der Waals surface area contributed by atoms with E-state index in [1.54, 1.807) is 0 Å². The molecule has 1 atom stereocenters. The number of rotatable bonds is 10. The molecular weight excluding hydrogens is 470 g/mol. The predicted molar refractivity (Wildman–Crippen MR) is 130 cm³/mol. The number of carboxylic acids is 1. The fourth-order valence-corrected chi connectivity index (χ4v) is 4.58. The monoisotopic (exact) mass is 495 g/mol. The fraction of sp³-hybridized carbons (Fsp3) is 0.280. The molecule has 0 fully saturated rings. The molecule has 182 valence electrons. The molecule has 1 aliphatic rings. The largest absolute Gasteiger partial charge is 0.480 e. The first-order valence-corrected chi connectivity index (χ1v) is 12.4. The van der Waals surface area contributed by atoms with Crippen LogP contribution in [0.15, 0.2) is 59.3 Å². The van der Waals surface area contributed by atoms with Gasteiger partial charge in [0.05, 0.1) is 6.54 Å². The Labute approximate surface area is 206 Å². The quantitative estimate of drug-likeness (QED) is 0.389. The van der Waals surface area contributed by atoms with Gasteiger partial charge in [-0.3, -0.25) is 4.79 Å². The molecule has 10 heteroatoms. The second kappa shape index (κ2) is 11.1. The highest BCUT2D eigenvalue weighted by molar-refractivity contribution is 7.98. The highest BCUT2D eigenvalue weighted by atomic mass is 32.2. The molecule has 0 radical (unpaired) electrons. The van der Waals surface area contributed by atoms with Crippen molar-refractivity contribution in [3.05, 3.63) is 77.2 Å². The normalized spacial score (nSPS) is 12.9. The Balaban J connectivity index is 1.34. The summed E-state index contributed by atoms with van der Waals surface area (Å²) in [5.74, 6) is -1.25. The summed E-state index contributed by atoms with van der Waals surface area (Å²) in [5, 5.41) is 18.1. The molecule has 0 saturated carbocycles. The fourth-order valence-electron chi connectivity index (χ4n) is 4.11. The summed E-state index contributed by atoms with van der Waals surface area (Å²) < 4.78 is 10.4. The minimum absolute atomic E-state index is 0.0550. The standard InChI is InChI=1S/C25H25N3O6S/c1-35-11-10-21(24(30)31)27-23(29)20-14-34-28-22(20)12-26-25(32)33-13-19-17-8-4-2-6-15(17)16-7-3-5-9-18(16)19/h2-9,14,19,21H,10-13H2,1H3,(H,26,32)(H,27,29)(H,30,31). The molecule has 2 aromatic carbocycles. The van der Waals surface area contributed by atoms with E-state index in [4.69, 9.17) is 9.26 Å². The van der Waals surface area contributed by atoms with Gasteiger partial charge in [0.2, 0.25) is 0 Å². The van der Waals surface area contributed by atoms with Gasteiger partial charge in [0, 0.05) is 5.92 Å². The number of aromatic nitrogens is 1. The zero-order valence-corrected chi connectivity index (χ0v) is 19.8. The second-order valence-electron chi connectivity index (χ2n) is 8.00. The Morgan fingerprint density at radius 2 is 1.77 bits per heavy atom. The molecule has 3 N–H and O–H groups in total. The van der Waals surface area contributed by atoms with Crippen molar-refractivity contribution in [3.63, 3.8) is 0 Å². The van der Waals surface area contributed by atoms with E-state index in [-0.39, 0.29) is 36.7 Å². The van der Waals surface area contributed by atoms with Gasteiger partial charge in [0.1, 0.15) is 30.2 Å². The van der Waals surface area contributed by atoms with Crippen molar-refractivity contribution in [3.8, 4) is 11.1 Å². The summed E-state index contributed by atoms with van der Waals surface area (Å²) >= 11 is 1.49. The minimum atomic E-state index is -1.12. The van der Waals surface area contributed by atoms with Gasteiger partial charge in [-0.05, 0) is 40.7 Å². The molecule has 3 aromatic rings. The Morgan fingerprint density at radius 3 is 2.40 bits per heavy atom. The lowest BCUT2D eigenvalue weighted by atomic mass is 9.98. The van der Waals surface area contributed by atoms with Crippen LogP contribution in [0.5, 0.6) is 0 Å². The summed E-state index contributed by atoms with van der Waals surface area (Å²) in [4.78, 5) is 36.4. The van der Waals surface area contributed by atoms with Crippen LogP contribution in [0.1, 0.15) is 39.5 Å². The van der Waals surface area contributed by atoms with Crippen molar-refractivity contribution in [1.29, 1.82) is 0 Å². The molecule has 1 aromatic heterocycles. The van der Waals surface area contributed by atoms with Crippen LogP contribution in [0.2, 0.25) is 0 Å². The van der Waals surface area contributed by atoms with Crippen molar-refractivity contribution < 1.29 is 28.8 Å². The first-order chi connectivity index (χ1) is 17.0. The van der Waals surface area contributed by atoms with E-state index in [1.807, 2.05) is 42.7 Å². The number of benzene rings is 2. The number of nitrogens with zero attached hydrogens (tertiary/aromatic N) is 1. The van der Waals surface area contributed by atoms with E-state index in [2.05, 4.69) is 27.9 Å². The van der Waals surface area contributed by atoms with Crippen LogP contribution in [0.4, 0.5) is 4.79 Å². The third-order valence-corrected chi connectivity index (χ3v) is 6.49. The number of fused-ring (bicyclic) bond motifs is 3. The number of alkyl carbamates (subject to hydrolysis) is 1. The Kier molecular flexibility index (Phi) is 7.71. The minimum Gasteiger partial charge on any atom is -0.480 e. The van der Waals surface area contributed by atoms with Gasteiger partial charge in [0.25, 0.3) is 5.91 Å². The number of carbonyl (C=O) groups is 3. The number of nitrogens with one attached hydrogen (secondary N) is 2. The number of carbonyl (C=O) groups excluding carboxylic acids is 2. The molecule has 1 heterocycles. The lowest BCUT2D eigenvalue weighted by Crippen LogP contribution is -2.41. The number of hydrogen-bond donors (Lipinski definition) is 3. The summed E-state index contributed by atoms with van der Waals surface area (Å²) in [6.07, 6.45) is 2.59. The van der Waals surface area contributed by atoms with Crippen LogP contribution in [0, 0.1) is 0 Å². The maximum atomic E-state index is 12.6.